The third kappa shape index (κ3) is 3.42. The van der Waals surface area contributed by atoms with E-state index < -0.39 is 0 Å². The average molecular weight is 378 g/mol. The lowest BCUT2D eigenvalue weighted by Gasteiger charge is -2.34. The second-order valence-corrected chi connectivity index (χ2v) is 5.96. The maximum Gasteiger partial charge on any atom is 0.259 e. The third-order valence-electron chi connectivity index (χ3n) is 3.65. The Balaban J connectivity index is 1.66. The van der Waals surface area contributed by atoms with E-state index in [-0.39, 0.29) is 5.91 Å². The van der Waals surface area contributed by atoms with E-state index in [1.54, 1.807) is 35.6 Å². The van der Waals surface area contributed by atoms with Crippen molar-refractivity contribution in [3.8, 4) is 5.88 Å². The van der Waals surface area contributed by atoms with E-state index in [2.05, 4.69) is 35.8 Å². The number of anilines is 1. The maximum atomic E-state index is 12.6. The van der Waals surface area contributed by atoms with Crippen LogP contribution >= 0.6 is 15.9 Å². The van der Waals surface area contributed by atoms with E-state index in [0.29, 0.717) is 43.6 Å². The predicted molar refractivity (Wildman–Crippen MR) is 88.6 cm³/mol. The summed E-state index contributed by atoms with van der Waals surface area (Å²) in [4.78, 5) is 29.1. The van der Waals surface area contributed by atoms with Crippen molar-refractivity contribution in [2.75, 3.05) is 38.2 Å². The predicted octanol–water partition coefficient (Wildman–Crippen LogP) is 1.61. The molecule has 0 unspecified atom stereocenters. The van der Waals surface area contributed by atoms with Crippen molar-refractivity contribution in [3.63, 3.8) is 0 Å². The monoisotopic (exact) mass is 377 g/mol. The fourth-order valence-electron chi connectivity index (χ4n) is 2.46. The summed E-state index contributed by atoms with van der Waals surface area (Å²) in [5.74, 6) is 0.974. The minimum absolute atomic E-state index is 0.0636. The van der Waals surface area contributed by atoms with Crippen LogP contribution in [0.4, 0.5) is 5.95 Å². The van der Waals surface area contributed by atoms with Gasteiger partial charge >= 0.3 is 0 Å². The first-order valence-electron chi connectivity index (χ1n) is 7.20. The van der Waals surface area contributed by atoms with Gasteiger partial charge in [-0.2, -0.15) is 0 Å². The molecule has 7 nitrogen and oxygen atoms in total. The molecule has 0 bridgehead atoms. The molecule has 120 valence electrons. The number of ether oxygens (including phenoxy) is 1. The number of piperazine rings is 1. The molecule has 0 N–H and O–H groups in total. The number of halogens is 1. The van der Waals surface area contributed by atoms with Crippen molar-refractivity contribution in [1.29, 1.82) is 0 Å². The number of hydrogen-bond donors (Lipinski definition) is 0. The standard InChI is InChI=1S/C15H16BrN5O2/c1-23-13-12(3-2-4-17-13)14(22)20-5-7-21(8-6-20)15-18-9-11(16)10-19-15/h2-4,9-10H,5-8H2,1H3. The van der Waals surface area contributed by atoms with Gasteiger partial charge in [0.1, 0.15) is 5.56 Å². The van der Waals surface area contributed by atoms with Crippen LogP contribution in [0.25, 0.3) is 0 Å². The van der Waals surface area contributed by atoms with Crippen LogP contribution in [-0.2, 0) is 0 Å². The summed E-state index contributed by atoms with van der Waals surface area (Å²) >= 11 is 3.32. The molecule has 0 aliphatic carbocycles. The molecule has 2 aromatic rings. The Labute approximate surface area is 142 Å². The van der Waals surface area contributed by atoms with Gasteiger partial charge in [0.25, 0.3) is 5.91 Å². The SMILES string of the molecule is COc1ncccc1C(=O)N1CCN(c2ncc(Br)cn2)CC1. The Kier molecular flexibility index (Phi) is 4.71. The van der Waals surface area contributed by atoms with Gasteiger partial charge in [-0.25, -0.2) is 15.0 Å². The molecular weight excluding hydrogens is 362 g/mol. The average Bonchev–Trinajstić information content (AvgIpc) is 2.62. The normalized spacial score (nSPS) is 14.7. The molecule has 0 aromatic carbocycles. The van der Waals surface area contributed by atoms with Gasteiger partial charge in [-0.3, -0.25) is 4.79 Å². The van der Waals surface area contributed by atoms with Crippen LogP contribution in [0.1, 0.15) is 10.4 Å². The zero-order valence-electron chi connectivity index (χ0n) is 12.6. The summed E-state index contributed by atoms with van der Waals surface area (Å²) in [7, 11) is 1.52. The van der Waals surface area contributed by atoms with Crippen LogP contribution in [0.3, 0.4) is 0 Å². The van der Waals surface area contributed by atoms with Gasteiger partial charge in [0.2, 0.25) is 11.8 Å². The van der Waals surface area contributed by atoms with Crippen molar-refractivity contribution in [2.45, 2.75) is 0 Å². The summed E-state index contributed by atoms with van der Waals surface area (Å²) in [6.45, 7) is 2.60. The van der Waals surface area contributed by atoms with E-state index in [0.717, 1.165) is 4.47 Å². The van der Waals surface area contributed by atoms with Crippen molar-refractivity contribution in [1.82, 2.24) is 19.9 Å². The van der Waals surface area contributed by atoms with Gasteiger partial charge < -0.3 is 14.5 Å². The Hall–Kier alpha value is -2.22. The van der Waals surface area contributed by atoms with E-state index in [1.807, 2.05) is 0 Å². The van der Waals surface area contributed by atoms with Crippen LogP contribution in [0.5, 0.6) is 5.88 Å². The first-order valence-corrected chi connectivity index (χ1v) is 7.99. The molecule has 1 fully saturated rings. The Morgan fingerprint density at radius 2 is 1.87 bits per heavy atom. The number of rotatable bonds is 3. The number of amides is 1. The van der Waals surface area contributed by atoms with Gasteiger partial charge in [-0.15, -0.1) is 0 Å². The first-order chi connectivity index (χ1) is 11.2. The Bertz CT molecular complexity index is 687. The van der Waals surface area contributed by atoms with Crippen molar-refractivity contribution >= 4 is 27.8 Å². The molecule has 23 heavy (non-hydrogen) atoms. The van der Waals surface area contributed by atoms with Crippen LogP contribution in [-0.4, -0.2) is 59.0 Å². The molecule has 0 atom stereocenters. The molecule has 2 aromatic heterocycles. The van der Waals surface area contributed by atoms with Gasteiger partial charge in [-0.1, -0.05) is 0 Å². The van der Waals surface area contributed by atoms with Crippen LogP contribution in [0.15, 0.2) is 35.2 Å². The fourth-order valence-corrected chi connectivity index (χ4v) is 2.67. The minimum Gasteiger partial charge on any atom is -0.480 e. The highest BCUT2D eigenvalue weighted by atomic mass is 79.9. The molecule has 0 spiro atoms. The van der Waals surface area contributed by atoms with Gasteiger partial charge in [0, 0.05) is 44.8 Å². The number of methoxy groups -OCH3 is 1. The summed E-state index contributed by atoms with van der Waals surface area (Å²) < 4.78 is 6.01. The number of nitrogens with zero attached hydrogens (tertiary/aromatic N) is 5. The molecule has 0 saturated carbocycles. The number of pyridine rings is 1. The minimum atomic E-state index is -0.0636. The quantitative estimate of drug-likeness (QED) is 0.808. The third-order valence-corrected chi connectivity index (χ3v) is 4.06. The number of hydrogen-bond acceptors (Lipinski definition) is 6. The highest BCUT2D eigenvalue weighted by Crippen LogP contribution is 2.18. The Morgan fingerprint density at radius 1 is 1.17 bits per heavy atom. The lowest BCUT2D eigenvalue weighted by Crippen LogP contribution is -2.49. The van der Waals surface area contributed by atoms with E-state index in [9.17, 15) is 4.79 Å². The molecule has 8 heteroatoms. The number of carbonyl (C=O) groups excluding carboxylic acids is 1. The molecule has 1 amide bonds. The van der Waals surface area contributed by atoms with Gasteiger partial charge in [0.05, 0.1) is 11.6 Å². The first kappa shape index (κ1) is 15.7. The summed E-state index contributed by atoms with van der Waals surface area (Å²) in [5.41, 5.74) is 0.489. The molecule has 3 heterocycles. The van der Waals surface area contributed by atoms with Crippen LogP contribution < -0.4 is 9.64 Å². The highest BCUT2D eigenvalue weighted by molar-refractivity contribution is 9.10. The Morgan fingerprint density at radius 3 is 2.52 bits per heavy atom. The topological polar surface area (TPSA) is 71.5 Å². The zero-order valence-corrected chi connectivity index (χ0v) is 14.2. The highest BCUT2D eigenvalue weighted by Gasteiger charge is 2.25. The van der Waals surface area contributed by atoms with Crippen molar-refractivity contribution in [3.05, 3.63) is 40.8 Å². The second kappa shape index (κ2) is 6.91. The second-order valence-electron chi connectivity index (χ2n) is 5.04. The molecule has 1 aliphatic rings. The van der Waals surface area contributed by atoms with Crippen molar-refractivity contribution in [2.24, 2.45) is 0 Å². The summed E-state index contributed by atoms with van der Waals surface area (Å²) in [6.07, 6.45) is 5.05. The van der Waals surface area contributed by atoms with E-state index in [1.165, 1.54) is 7.11 Å². The molecule has 1 aliphatic heterocycles. The number of aromatic nitrogens is 3. The molecular formula is C15H16BrN5O2. The molecule has 3 rings (SSSR count). The number of carbonyl (C=O) groups is 1. The van der Waals surface area contributed by atoms with Gasteiger partial charge in [-0.05, 0) is 28.1 Å². The lowest BCUT2D eigenvalue weighted by atomic mass is 10.2. The van der Waals surface area contributed by atoms with Crippen LogP contribution in [0.2, 0.25) is 0 Å². The molecule has 1 saturated heterocycles. The lowest BCUT2D eigenvalue weighted by molar-refractivity contribution is 0.0742. The largest absolute Gasteiger partial charge is 0.480 e. The summed E-state index contributed by atoms with van der Waals surface area (Å²) in [5, 5.41) is 0. The van der Waals surface area contributed by atoms with Crippen molar-refractivity contribution < 1.29 is 9.53 Å². The van der Waals surface area contributed by atoms with Gasteiger partial charge in [0.15, 0.2) is 0 Å². The maximum absolute atomic E-state index is 12.6. The van der Waals surface area contributed by atoms with E-state index >= 15 is 0 Å². The smallest absolute Gasteiger partial charge is 0.259 e. The molecule has 0 radical (unpaired) electrons. The van der Waals surface area contributed by atoms with Crippen LogP contribution in [0, 0.1) is 0 Å². The zero-order chi connectivity index (χ0) is 16.2. The fraction of sp³-hybridized carbons (Fsp3) is 0.333. The summed E-state index contributed by atoms with van der Waals surface area (Å²) in [6, 6.07) is 3.47. The van der Waals surface area contributed by atoms with E-state index in [4.69, 9.17) is 4.74 Å².